The Labute approximate surface area is 254 Å². The Kier molecular flexibility index (Phi) is 8.96. The van der Waals surface area contributed by atoms with E-state index < -0.39 is 0 Å². The number of fused-ring (bicyclic) bond motifs is 1. The molecule has 0 aliphatic carbocycles. The number of aromatic amines is 1. The summed E-state index contributed by atoms with van der Waals surface area (Å²) in [4.78, 5) is 34.0. The van der Waals surface area contributed by atoms with E-state index in [-0.39, 0.29) is 12.1 Å². The normalized spacial score (nSPS) is 19.5. The van der Waals surface area contributed by atoms with Gasteiger partial charge in [-0.25, -0.2) is 15.0 Å². The van der Waals surface area contributed by atoms with Gasteiger partial charge in [-0.05, 0) is 67.2 Å². The fourth-order valence-corrected chi connectivity index (χ4v) is 6.55. The van der Waals surface area contributed by atoms with Gasteiger partial charge in [-0.15, -0.1) is 0 Å². The Hall–Kier alpha value is -3.16. The third kappa shape index (κ3) is 6.42. The van der Waals surface area contributed by atoms with Crippen molar-refractivity contribution in [3.63, 3.8) is 0 Å². The molecule has 3 aromatic rings. The minimum atomic E-state index is -0.335. The molecule has 6 rings (SSSR count). The molecule has 1 aromatic carbocycles. The quantitative estimate of drug-likeness (QED) is 0.327. The molecule has 5 heterocycles. The van der Waals surface area contributed by atoms with E-state index in [1.807, 2.05) is 6.07 Å². The van der Waals surface area contributed by atoms with Gasteiger partial charge in [0.05, 0.1) is 23.7 Å². The van der Waals surface area contributed by atoms with E-state index in [2.05, 4.69) is 63.8 Å². The van der Waals surface area contributed by atoms with Crippen LogP contribution in [0.5, 0.6) is 5.75 Å². The van der Waals surface area contributed by atoms with Crippen LogP contribution in [0.25, 0.3) is 11.0 Å². The second kappa shape index (κ2) is 13.0. The fraction of sp³-hybridized carbons (Fsp3) is 0.586. The van der Waals surface area contributed by atoms with Crippen LogP contribution in [0.3, 0.4) is 0 Å². The van der Waals surface area contributed by atoms with Crippen molar-refractivity contribution in [1.82, 2.24) is 25.1 Å². The van der Waals surface area contributed by atoms with Crippen LogP contribution in [0.1, 0.15) is 38.2 Å². The third-order valence-electron chi connectivity index (χ3n) is 8.32. The van der Waals surface area contributed by atoms with Gasteiger partial charge in [0.15, 0.2) is 5.65 Å². The standard InChI is InChI=1S/C29H39BrN8O4/c1-20-24(36-10-12-37(13-11-36)29-26-27(30)33-34-28(26)31-19-32-29)16-23(41-18-22-6-5-15-40-22)17-25(20)38(42-21(2)39)14-9-35-7-3-4-8-35/h16-17,19,22H,3-15,18H2,1-2H3,(H,31,32,33,34). The zero-order valence-corrected chi connectivity index (χ0v) is 25.9. The Bertz CT molecular complexity index is 1380. The molecule has 13 heteroatoms. The molecule has 3 aliphatic rings. The first-order chi connectivity index (χ1) is 20.5. The van der Waals surface area contributed by atoms with Gasteiger partial charge in [-0.3, -0.25) is 9.89 Å². The number of aromatic nitrogens is 4. The van der Waals surface area contributed by atoms with E-state index in [1.54, 1.807) is 11.4 Å². The zero-order chi connectivity index (χ0) is 29.1. The molecule has 3 fully saturated rings. The second-order valence-corrected chi connectivity index (χ2v) is 12.0. The maximum Gasteiger partial charge on any atom is 0.329 e. The van der Waals surface area contributed by atoms with Crippen molar-refractivity contribution >= 4 is 50.1 Å². The summed E-state index contributed by atoms with van der Waals surface area (Å²) in [6.45, 7) is 11.6. The highest BCUT2D eigenvalue weighted by molar-refractivity contribution is 9.10. The second-order valence-electron chi connectivity index (χ2n) is 11.2. The molecule has 0 spiro atoms. The van der Waals surface area contributed by atoms with Crippen molar-refractivity contribution in [1.29, 1.82) is 0 Å². The van der Waals surface area contributed by atoms with Gasteiger partial charge in [-0.1, -0.05) is 0 Å². The smallest absolute Gasteiger partial charge is 0.329 e. The van der Waals surface area contributed by atoms with Crippen molar-refractivity contribution in [2.75, 3.05) is 80.4 Å². The number of anilines is 3. The fourth-order valence-electron chi connectivity index (χ4n) is 6.11. The molecule has 3 aliphatic heterocycles. The number of nitrogens with one attached hydrogen (secondary N) is 1. The molecule has 226 valence electrons. The summed E-state index contributed by atoms with van der Waals surface area (Å²) in [6, 6.07) is 4.12. The van der Waals surface area contributed by atoms with Crippen molar-refractivity contribution in [3.8, 4) is 5.75 Å². The number of hydrogen-bond acceptors (Lipinski definition) is 11. The summed E-state index contributed by atoms with van der Waals surface area (Å²) in [5, 5.41) is 9.86. The highest BCUT2D eigenvalue weighted by Crippen LogP contribution is 2.37. The number of likely N-dealkylation sites (tertiary alicyclic amines) is 1. The topological polar surface area (TPSA) is 112 Å². The number of carbonyl (C=O) groups is 1. The summed E-state index contributed by atoms with van der Waals surface area (Å²) in [5.74, 6) is 1.29. The van der Waals surface area contributed by atoms with Crippen LogP contribution in [0.2, 0.25) is 0 Å². The van der Waals surface area contributed by atoms with Gasteiger partial charge in [0.2, 0.25) is 0 Å². The van der Waals surface area contributed by atoms with Crippen LogP contribution >= 0.6 is 15.9 Å². The predicted molar refractivity (Wildman–Crippen MR) is 164 cm³/mol. The molecule has 1 N–H and O–H groups in total. The zero-order valence-electron chi connectivity index (χ0n) is 24.4. The maximum atomic E-state index is 12.2. The minimum absolute atomic E-state index is 0.105. The van der Waals surface area contributed by atoms with Crippen LogP contribution in [0.15, 0.2) is 23.1 Å². The Morgan fingerprint density at radius 1 is 1.12 bits per heavy atom. The van der Waals surface area contributed by atoms with E-state index in [0.29, 0.717) is 18.8 Å². The first-order valence-electron chi connectivity index (χ1n) is 14.9. The monoisotopic (exact) mass is 642 g/mol. The van der Waals surface area contributed by atoms with Crippen LogP contribution in [-0.2, 0) is 14.4 Å². The highest BCUT2D eigenvalue weighted by atomic mass is 79.9. The van der Waals surface area contributed by atoms with Crippen LogP contribution in [0.4, 0.5) is 17.2 Å². The van der Waals surface area contributed by atoms with E-state index in [9.17, 15) is 4.79 Å². The molecule has 0 saturated carbocycles. The Morgan fingerprint density at radius 2 is 1.90 bits per heavy atom. The van der Waals surface area contributed by atoms with Crippen LogP contribution < -0.4 is 19.6 Å². The van der Waals surface area contributed by atoms with E-state index in [1.165, 1.54) is 19.8 Å². The number of piperazine rings is 1. The van der Waals surface area contributed by atoms with E-state index in [0.717, 1.165) is 104 Å². The van der Waals surface area contributed by atoms with Crippen LogP contribution in [-0.4, -0.2) is 103 Å². The molecule has 12 nitrogen and oxygen atoms in total. The molecule has 1 unspecified atom stereocenters. The SMILES string of the molecule is CC(=O)ON(CCN1CCCC1)c1cc(OCC2CCCO2)cc(N2CCN(c3ncnc4n[nH]c(Br)c34)CC2)c1C. The van der Waals surface area contributed by atoms with Gasteiger partial charge in [0, 0.05) is 64.1 Å². The maximum absolute atomic E-state index is 12.2. The Balaban J connectivity index is 1.25. The lowest BCUT2D eigenvalue weighted by Gasteiger charge is -2.38. The minimum Gasteiger partial charge on any atom is -0.491 e. The van der Waals surface area contributed by atoms with E-state index in [4.69, 9.17) is 14.3 Å². The number of carbonyl (C=O) groups excluding carboxylic acids is 1. The number of nitrogens with zero attached hydrogens (tertiary/aromatic N) is 7. The number of hydrogen-bond donors (Lipinski definition) is 1. The molecule has 1 atom stereocenters. The number of halogens is 1. The van der Waals surface area contributed by atoms with E-state index >= 15 is 0 Å². The van der Waals surface area contributed by atoms with Crippen molar-refractivity contribution in [2.24, 2.45) is 0 Å². The number of ether oxygens (including phenoxy) is 2. The molecule has 3 saturated heterocycles. The lowest BCUT2D eigenvalue weighted by atomic mass is 10.1. The van der Waals surface area contributed by atoms with Gasteiger partial charge >= 0.3 is 5.97 Å². The lowest BCUT2D eigenvalue weighted by molar-refractivity contribution is -0.142. The largest absolute Gasteiger partial charge is 0.491 e. The lowest BCUT2D eigenvalue weighted by Crippen LogP contribution is -2.47. The van der Waals surface area contributed by atoms with Crippen LogP contribution in [0, 0.1) is 6.92 Å². The van der Waals surface area contributed by atoms with Gasteiger partial charge in [-0.2, -0.15) is 5.10 Å². The summed E-state index contributed by atoms with van der Waals surface area (Å²) >= 11 is 3.56. The van der Waals surface area contributed by atoms with Gasteiger partial charge in [0.1, 0.15) is 29.1 Å². The predicted octanol–water partition coefficient (Wildman–Crippen LogP) is 3.69. The highest BCUT2D eigenvalue weighted by Gasteiger charge is 2.27. The number of H-pyrrole nitrogens is 1. The number of rotatable bonds is 10. The molecular weight excluding hydrogens is 604 g/mol. The van der Waals surface area contributed by atoms with Gasteiger partial charge < -0.3 is 29.0 Å². The Morgan fingerprint density at radius 3 is 2.64 bits per heavy atom. The summed E-state index contributed by atoms with van der Waals surface area (Å²) in [6.07, 6.45) is 6.17. The summed E-state index contributed by atoms with van der Waals surface area (Å²) in [5.41, 5.74) is 3.62. The average Bonchev–Trinajstić information content (AvgIpc) is 3.78. The molecular formula is C29H39BrN8O4. The first-order valence-corrected chi connectivity index (χ1v) is 15.7. The number of hydroxylamine groups is 1. The molecule has 0 radical (unpaired) electrons. The average molecular weight is 644 g/mol. The third-order valence-corrected chi connectivity index (χ3v) is 8.89. The van der Waals surface area contributed by atoms with Crippen molar-refractivity contribution < 1.29 is 19.1 Å². The van der Waals surface area contributed by atoms with Crippen molar-refractivity contribution in [3.05, 3.63) is 28.6 Å². The summed E-state index contributed by atoms with van der Waals surface area (Å²) < 4.78 is 12.9. The molecule has 2 aromatic heterocycles. The molecule has 0 bridgehead atoms. The van der Waals surface area contributed by atoms with Gasteiger partial charge in [0.25, 0.3) is 0 Å². The van der Waals surface area contributed by atoms with Crippen molar-refractivity contribution in [2.45, 2.75) is 45.6 Å². The summed E-state index contributed by atoms with van der Waals surface area (Å²) in [7, 11) is 0. The molecule has 42 heavy (non-hydrogen) atoms. The first kappa shape index (κ1) is 28.9. The number of benzene rings is 1. The molecule has 0 amide bonds.